The summed E-state index contributed by atoms with van der Waals surface area (Å²) in [5, 5.41) is 9.70. The van der Waals surface area contributed by atoms with Crippen LogP contribution in [0.15, 0.2) is 47.4 Å². The van der Waals surface area contributed by atoms with E-state index in [4.69, 9.17) is 4.74 Å². The molecule has 0 aromatic heterocycles. The number of aromatic carboxylic acids is 1. The van der Waals surface area contributed by atoms with Gasteiger partial charge in [0.2, 0.25) is 5.91 Å². The first-order valence-corrected chi connectivity index (χ1v) is 10.3. The number of carboxylic acids is 1. The average molecular weight is 432 g/mol. The number of carbonyl (C=O) groups is 2. The molecule has 30 heavy (non-hydrogen) atoms. The third-order valence-electron chi connectivity index (χ3n) is 4.45. The smallest absolute Gasteiger partial charge is 0.337 e. The van der Waals surface area contributed by atoms with Gasteiger partial charge in [-0.3, -0.25) is 9.10 Å². The summed E-state index contributed by atoms with van der Waals surface area (Å²) < 4.78 is 32.1. The highest BCUT2D eigenvalue weighted by Gasteiger charge is 2.27. The molecule has 2 aromatic carbocycles. The maximum atomic E-state index is 13.1. The van der Waals surface area contributed by atoms with Crippen LogP contribution in [0.5, 0.6) is 5.75 Å². The van der Waals surface area contributed by atoms with Gasteiger partial charge in [0.15, 0.2) is 0 Å². The fourth-order valence-electron chi connectivity index (χ4n) is 2.83. The molecule has 0 aliphatic carbocycles. The Morgan fingerprint density at radius 1 is 1.07 bits per heavy atom. The second-order valence-corrected chi connectivity index (χ2v) is 8.72. The fraction of sp³-hybridized carbons (Fsp3) is 0.238. The molecule has 1 amide bonds. The fourth-order valence-corrected chi connectivity index (χ4v) is 4.11. The predicted octanol–water partition coefficient (Wildman–Crippen LogP) is 2.63. The van der Waals surface area contributed by atoms with Crippen molar-refractivity contribution in [3.05, 3.63) is 59.2 Å². The number of hydrogen-bond donors (Lipinski definition) is 1. The molecule has 0 spiro atoms. The minimum atomic E-state index is -4.01. The van der Waals surface area contributed by atoms with Gasteiger partial charge in [0.05, 0.1) is 23.3 Å². The largest absolute Gasteiger partial charge is 0.497 e. The minimum absolute atomic E-state index is 0.00194. The highest BCUT2D eigenvalue weighted by molar-refractivity contribution is 7.92. The van der Waals surface area contributed by atoms with Crippen LogP contribution in [0.1, 0.15) is 21.5 Å². The standard InChI is InChI=1S/C21H24N2O6S/c1-14-12-15(6-11-19(24)22(2)3)13-18(21(25)26)20(14)23(4)30(27,28)17-9-7-16(29-5)8-10-17/h6-13H,1-5H3,(H,25,26). The summed E-state index contributed by atoms with van der Waals surface area (Å²) in [6.45, 7) is 1.62. The van der Waals surface area contributed by atoms with Crippen molar-refractivity contribution < 1.29 is 27.9 Å². The quantitative estimate of drug-likeness (QED) is 0.675. The molecule has 8 nitrogen and oxygen atoms in total. The molecule has 1 N–H and O–H groups in total. The number of benzene rings is 2. The van der Waals surface area contributed by atoms with Gasteiger partial charge in [-0.15, -0.1) is 0 Å². The van der Waals surface area contributed by atoms with Gasteiger partial charge in [-0.25, -0.2) is 13.2 Å². The van der Waals surface area contributed by atoms with E-state index in [1.807, 2.05) is 0 Å². The number of anilines is 1. The van der Waals surface area contributed by atoms with Crippen LogP contribution in [0.2, 0.25) is 0 Å². The van der Waals surface area contributed by atoms with Crippen LogP contribution in [-0.2, 0) is 14.8 Å². The molecule has 0 saturated carbocycles. The Kier molecular flexibility index (Phi) is 6.88. The normalized spacial score (nSPS) is 11.4. The lowest BCUT2D eigenvalue weighted by molar-refractivity contribution is -0.123. The minimum Gasteiger partial charge on any atom is -0.497 e. The van der Waals surface area contributed by atoms with Gasteiger partial charge in [0.1, 0.15) is 5.75 Å². The van der Waals surface area contributed by atoms with Gasteiger partial charge in [-0.2, -0.15) is 0 Å². The maximum Gasteiger partial charge on any atom is 0.337 e. The first kappa shape index (κ1) is 23.0. The number of carbonyl (C=O) groups excluding carboxylic acids is 1. The number of aryl methyl sites for hydroxylation is 1. The summed E-state index contributed by atoms with van der Waals surface area (Å²) in [7, 11) is 1.97. The van der Waals surface area contributed by atoms with E-state index in [1.165, 1.54) is 61.5 Å². The van der Waals surface area contributed by atoms with Crippen LogP contribution >= 0.6 is 0 Å². The maximum absolute atomic E-state index is 13.1. The van der Waals surface area contributed by atoms with E-state index in [0.717, 1.165) is 4.31 Å². The van der Waals surface area contributed by atoms with E-state index in [2.05, 4.69) is 0 Å². The number of amides is 1. The molecule has 0 radical (unpaired) electrons. The second kappa shape index (κ2) is 9.00. The van der Waals surface area contributed by atoms with Crippen molar-refractivity contribution in [2.45, 2.75) is 11.8 Å². The molecule has 0 heterocycles. The zero-order valence-corrected chi connectivity index (χ0v) is 18.2. The molecule has 0 bridgehead atoms. The Hall–Kier alpha value is -3.33. The summed E-state index contributed by atoms with van der Waals surface area (Å²) >= 11 is 0. The molecular formula is C21H24N2O6S. The van der Waals surface area contributed by atoms with Crippen LogP contribution in [0.3, 0.4) is 0 Å². The van der Waals surface area contributed by atoms with E-state index in [9.17, 15) is 23.1 Å². The number of likely N-dealkylation sites (N-methyl/N-ethyl adjacent to an activating group) is 1. The lowest BCUT2D eigenvalue weighted by Gasteiger charge is -2.24. The second-order valence-electron chi connectivity index (χ2n) is 6.75. The van der Waals surface area contributed by atoms with Crippen LogP contribution in [-0.4, -0.2) is 58.6 Å². The van der Waals surface area contributed by atoms with Crippen molar-refractivity contribution in [2.75, 3.05) is 32.6 Å². The average Bonchev–Trinajstić information content (AvgIpc) is 2.70. The first-order chi connectivity index (χ1) is 14.0. The molecular weight excluding hydrogens is 408 g/mol. The van der Waals surface area contributed by atoms with Gasteiger partial charge >= 0.3 is 5.97 Å². The zero-order chi connectivity index (χ0) is 22.6. The van der Waals surface area contributed by atoms with Crippen molar-refractivity contribution in [3.8, 4) is 5.75 Å². The van der Waals surface area contributed by atoms with E-state index in [0.29, 0.717) is 16.9 Å². The molecule has 0 saturated heterocycles. The Morgan fingerprint density at radius 3 is 2.17 bits per heavy atom. The summed E-state index contributed by atoms with van der Waals surface area (Å²) in [4.78, 5) is 25.0. The van der Waals surface area contributed by atoms with Gasteiger partial charge < -0.3 is 14.7 Å². The topological polar surface area (TPSA) is 104 Å². The molecule has 0 atom stereocenters. The summed E-state index contributed by atoms with van der Waals surface area (Å²) in [6.07, 6.45) is 2.81. The lowest BCUT2D eigenvalue weighted by atomic mass is 10.0. The van der Waals surface area contributed by atoms with Gasteiger partial charge in [-0.05, 0) is 60.5 Å². The number of ether oxygens (including phenoxy) is 1. The summed E-state index contributed by atoms with van der Waals surface area (Å²) in [5.41, 5.74) is 0.770. The van der Waals surface area contributed by atoms with Gasteiger partial charge in [-0.1, -0.05) is 0 Å². The summed E-state index contributed by atoms with van der Waals surface area (Å²) in [5.74, 6) is -1.03. The van der Waals surface area contributed by atoms with E-state index in [-0.39, 0.29) is 22.1 Å². The van der Waals surface area contributed by atoms with Crippen LogP contribution in [0.4, 0.5) is 5.69 Å². The van der Waals surface area contributed by atoms with Crippen LogP contribution in [0, 0.1) is 6.92 Å². The Labute approximate surface area is 176 Å². The number of rotatable bonds is 7. The number of carboxylic acid groups (broad SMARTS) is 1. The predicted molar refractivity (Wildman–Crippen MR) is 114 cm³/mol. The number of methoxy groups -OCH3 is 1. The highest BCUT2D eigenvalue weighted by Crippen LogP contribution is 2.31. The van der Waals surface area contributed by atoms with Crippen molar-refractivity contribution in [1.29, 1.82) is 0 Å². The van der Waals surface area contributed by atoms with E-state index in [1.54, 1.807) is 27.1 Å². The highest BCUT2D eigenvalue weighted by atomic mass is 32.2. The zero-order valence-electron chi connectivity index (χ0n) is 17.4. The van der Waals surface area contributed by atoms with Crippen molar-refractivity contribution in [3.63, 3.8) is 0 Å². The van der Waals surface area contributed by atoms with E-state index < -0.39 is 16.0 Å². The Morgan fingerprint density at radius 2 is 1.67 bits per heavy atom. The molecule has 0 unspecified atom stereocenters. The van der Waals surface area contributed by atoms with Crippen molar-refractivity contribution >= 4 is 33.7 Å². The Balaban J connectivity index is 2.53. The molecule has 2 aromatic rings. The SMILES string of the molecule is COc1ccc(S(=O)(=O)N(C)c2c(C)cc(C=CC(=O)N(C)C)cc2C(=O)O)cc1. The molecule has 9 heteroatoms. The number of nitrogens with zero attached hydrogens (tertiary/aromatic N) is 2. The van der Waals surface area contributed by atoms with Crippen molar-refractivity contribution in [1.82, 2.24) is 4.90 Å². The molecule has 0 aliphatic heterocycles. The molecule has 0 aliphatic rings. The summed E-state index contributed by atoms with van der Waals surface area (Å²) in [6, 6.07) is 8.78. The third-order valence-corrected chi connectivity index (χ3v) is 6.22. The number of sulfonamides is 1. The monoisotopic (exact) mass is 432 g/mol. The van der Waals surface area contributed by atoms with E-state index >= 15 is 0 Å². The lowest BCUT2D eigenvalue weighted by Crippen LogP contribution is -2.29. The van der Waals surface area contributed by atoms with Crippen molar-refractivity contribution in [2.24, 2.45) is 0 Å². The van der Waals surface area contributed by atoms with Gasteiger partial charge in [0.25, 0.3) is 10.0 Å². The van der Waals surface area contributed by atoms with Gasteiger partial charge in [0, 0.05) is 27.2 Å². The number of hydrogen-bond acceptors (Lipinski definition) is 5. The third kappa shape index (κ3) is 4.80. The molecule has 2 rings (SSSR count). The molecule has 0 fully saturated rings. The first-order valence-electron chi connectivity index (χ1n) is 8.89. The Bertz CT molecular complexity index is 1090. The van der Waals surface area contributed by atoms with Crippen LogP contribution < -0.4 is 9.04 Å². The molecule has 160 valence electrons. The van der Waals surface area contributed by atoms with Crippen LogP contribution in [0.25, 0.3) is 6.08 Å².